The number of primary amides is 1. The number of anilines is 1. The zero-order valence-corrected chi connectivity index (χ0v) is 14.4. The quantitative estimate of drug-likeness (QED) is 0.833. The van der Waals surface area contributed by atoms with E-state index in [-0.39, 0.29) is 15.6 Å². The first-order valence-corrected chi connectivity index (χ1v) is 8.74. The maximum Gasteiger partial charge on any atom is 0.264 e. The molecule has 116 valence electrons. The van der Waals surface area contributed by atoms with Gasteiger partial charge in [0.2, 0.25) is 5.91 Å². The van der Waals surface area contributed by atoms with E-state index in [9.17, 15) is 13.2 Å². The minimum atomic E-state index is -3.96. The summed E-state index contributed by atoms with van der Waals surface area (Å²) in [5, 5.41) is 0.212. The number of para-hydroxylation sites is 1. The van der Waals surface area contributed by atoms with E-state index in [1.54, 1.807) is 30.3 Å². The van der Waals surface area contributed by atoms with Crippen molar-refractivity contribution < 1.29 is 13.2 Å². The fourth-order valence-corrected chi connectivity index (χ4v) is 3.83. The first-order chi connectivity index (χ1) is 10.3. The maximum atomic E-state index is 12.8. The Bertz CT molecular complexity index is 794. The number of amides is 1. The van der Waals surface area contributed by atoms with Crippen molar-refractivity contribution in [2.45, 2.75) is 4.90 Å². The van der Waals surface area contributed by atoms with Gasteiger partial charge in [0.15, 0.2) is 0 Å². The standard InChI is InChI=1S/C14H12BrClN2O3S/c15-10-5-7-11(8-6-10)22(20,21)18(9-14(17)19)13-4-2-1-3-12(13)16/h1-8H,9H2,(H2,17,19). The van der Waals surface area contributed by atoms with Crippen LogP contribution < -0.4 is 10.0 Å². The fraction of sp³-hybridized carbons (Fsp3) is 0.0714. The van der Waals surface area contributed by atoms with Crippen molar-refractivity contribution in [3.8, 4) is 0 Å². The number of hydrogen-bond acceptors (Lipinski definition) is 3. The van der Waals surface area contributed by atoms with Crippen LogP contribution >= 0.6 is 27.5 Å². The van der Waals surface area contributed by atoms with E-state index in [2.05, 4.69) is 15.9 Å². The van der Waals surface area contributed by atoms with Crippen LogP contribution in [-0.4, -0.2) is 20.9 Å². The molecule has 22 heavy (non-hydrogen) atoms. The van der Waals surface area contributed by atoms with Gasteiger partial charge in [0.05, 0.1) is 15.6 Å². The normalized spacial score (nSPS) is 11.2. The summed E-state index contributed by atoms with van der Waals surface area (Å²) in [5.41, 5.74) is 5.38. The topological polar surface area (TPSA) is 80.5 Å². The molecule has 2 aromatic carbocycles. The van der Waals surface area contributed by atoms with Crippen LogP contribution in [0.1, 0.15) is 0 Å². The number of rotatable bonds is 5. The number of carbonyl (C=O) groups is 1. The van der Waals surface area contributed by atoms with E-state index in [1.807, 2.05) is 0 Å². The third kappa shape index (κ3) is 3.60. The smallest absolute Gasteiger partial charge is 0.264 e. The van der Waals surface area contributed by atoms with Crippen molar-refractivity contribution in [1.29, 1.82) is 0 Å². The lowest BCUT2D eigenvalue weighted by atomic mass is 10.3. The number of sulfonamides is 1. The Morgan fingerprint density at radius 2 is 1.73 bits per heavy atom. The summed E-state index contributed by atoms with van der Waals surface area (Å²) >= 11 is 9.30. The Morgan fingerprint density at radius 3 is 2.27 bits per heavy atom. The molecule has 5 nitrogen and oxygen atoms in total. The molecule has 0 atom stereocenters. The number of hydrogen-bond donors (Lipinski definition) is 1. The zero-order valence-electron chi connectivity index (χ0n) is 11.2. The molecule has 2 rings (SSSR count). The second kappa shape index (κ2) is 6.68. The molecular formula is C14H12BrClN2O3S. The van der Waals surface area contributed by atoms with Crippen LogP contribution in [0.15, 0.2) is 57.9 Å². The molecule has 0 bridgehead atoms. The summed E-state index contributed by atoms with van der Waals surface area (Å²) in [6.45, 7) is -0.498. The van der Waals surface area contributed by atoms with Crippen LogP contribution in [0, 0.1) is 0 Å². The molecule has 0 aliphatic carbocycles. The Balaban J connectivity index is 2.56. The van der Waals surface area contributed by atoms with Gasteiger partial charge in [0.1, 0.15) is 6.54 Å². The monoisotopic (exact) mass is 402 g/mol. The molecule has 2 N–H and O–H groups in total. The highest BCUT2D eigenvalue weighted by molar-refractivity contribution is 9.10. The maximum absolute atomic E-state index is 12.8. The lowest BCUT2D eigenvalue weighted by Gasteiger charge is -2.24. The van der Waals surface area contributed by atoms with E-state index in [4.69, 9.17) is 17.3 Å². The number of halogens is 2. The van der Waals surface area contributed by atoms with Gasteiger partial charge in [-0.3, -0.25) is 9.10 Å². The number of nitrogens with two attached hydrogens (primary N) is 1. The van der Waals surface area contributed by atoms with E-state index in [1.165, 1.54) is 18.2 Å². The summed E-state index contributed by atoms with van der Waals surface area (Å²) in [6.07, 6.45) is 0. The summed E-state index contributed by atoms with van der Waals surface area (Å²) in [6, 6.07) is 12.4. The van der Waals surface area contributed by atoms with Gasteiger partial charge in [-0.25, -0.2) is 8.42 Å². The second-order valence-corrected chi connectivity index (χ2v) is 7.57. The van der Waals surface area contributed by atoms with Gasteiger partial charge in [0, 0.05) is 4.47 Å². The molecule has 0 unspecified atom stereocenters. The molecule has 8 heteroatoms. The van der Waals surface area contributed by atoms with Crippen molar-refractivity contribution in [3.05, 3.63) is 58.0 Å². The van der Waals surface area contributed by atoms with Crippen LogP contribution in [0.5, 0.6) is 0 Å². The molecule has 0 spiro atoms. The summed E-state index contributed by atoms with van der Waals surface area (Å²) in [7, 11) is -3.96. The average molecular weight is 404 g/mol. The molecule has 0 aliphatic heterocycles. The minimum Gasteiger partial charge on any atom is -0.368 e. The first kappa shape index (κ1) is 16.8. The summed E-state index contributed by atoms with van der Waals surface area (Å²) < 4.78 is 27.2. The molecule has 0 saturated carbocycles. The van der Waals surface area contributed by atoms with Gasteiger partial charge in [-0.2, -0.15) is 0 Å². The third-order valence-corrected chi connectivity index (χ3v) is 5.44. The van der Waals surface area contributed by atoms with Crippen LogP contribution in [0.2, 0.25) is 5.02 Å². The highest BCUT2D eigenvalue weighted by Crippen LogP contribution is 2.30. The van der Waals surface area contributed by atoms with Crippen molar-refractivity contribution in [1.82, 2.24) is 0 Å². The van der Waals surface area contributed by atoms with Gasteiger partial charge >= 0.3 is 0 Å². The molecule has 1 amide bonds. The SMILES string of the molecule is NC(=O)CN(c1ccccc1Cl)S(=O)(=O)c1ccc(Br)cc1. The van der Waals surface area contributed by atoms with E-state index < -0.39 is 22.5 Å². The molecule has 0 radical (unpaired) electrons. The Hall–Kier alpha value is -1.57. The lowest BCUT2D eigenvalue weighted by molar-refractivity contribution is -0.116. The van der Waals surface area contributed by atoms with E-state index in [0.717, 1.165) is 8.78 Å². The van der Waals surface area contributed by atoms with Crippen LogP contribution in [0.3, 0.4) is 0 Å². The molecular weight excluding hydrogens is 392 g/mol. The number of benzene rings is 2. The summed E-state index contributed by atoms with van der Waals surface area (Å²) in [5.74, 6) is -0.777. The van der Waals surface area contributed by atoms with Crippen LogP contribution in [0.4, 0.5) is 5.69 Å². The number of carbonyl (C=O) groups excluding carboxylic acids is 1. The van der Waals surface area contributed by atoms with Gasteiger partial charge in [-0.05, 0) is 36.4 Å². The first-order valence-electron chi connectivity index (χ1n) is 6.13. The number of nitrogens with zero attached hydrogens (tertiary/aromatic N) is 1. The molecule has 0 heterocycles. The average Bonchev–Trinajstić information content (AvgIpc) is 2.46. The van der Waals surface area contributed by atoms with Crippen LogP contribution in [0.25, 0.3) is 0 Å². The fourth-order valence-electron chi connectivity index (χ4n) is 1.83. The minimum absolute atomic E-state index is 0.0388. The van der Waals surface area contributed by atoms with E-state index >= 15 is 0 Å². The third-order valence-electron chi connectivity index (χ3n) is 2.82. The Kier molecular flexibility index (Phi) is 5.10. The van der Waals surface area contributed by atoms with Gasteiger partial charge < -0.3 is 5.73 Å². The molecule has 0 saturated heterocycles. The van der Waals surface area contributed by atoms with Crippen molar-refractivity contribution in [3.63, 3.8) is 0 Å². The van der Waals surface area contributed by atoms with Crippen molar-refractivity contribution in [2.75, 3.05) is 10.8 Å². The molecule has 0 aromatic heterocycles. The van der Waals surface area contributed by atoms with Gasteiger partial charge in [-0.1, -0.05) is 39.7 Å². The van der Waals surface area contributed by atoms with Crippen molar-refractivity contribution in [2.24, 2.45) is 5.73 Å². The Morgan fingerprint density at radius 1 is 1.14 bits per heavy atom. The highest BCUT2D eigenvalue weighted by Gasteiger charge is 2.27. The summed E-state index contributed by atoms with van der Waals surface area (Å²) in [4.78, 5) is 11.3. The molecule has 0 fully saturated rings. The zero-order chi connectivity index (χ0) is 16.3. The van der Waals surface area contributed by atoms with Crippen LogP contribution in [-0.2, 0) is 14.8 Å². The predicted molar refractivity (Wildman–Crippen MR) is 89.3 cm³/mol. The van der Waals surface area contributed by atoms with E-state index in [0.29, 0.717) is 0 Å². The van der Waals surface area contributed by atoms with Crippen molar-refractivity contribution >= 4 is 49.1 Å². The predicted octanol–water partition coefficient (Wildman–Crippen LogP) is 2.78. The lowest BCUT2D eigenvalue weighted by Crippen LogP contribution is -2.38. The molecule has 2 aromatic rings. The largest absolute Gasteiger partial charge is 0.368 e. The Labute approximate surface area is 141 Å². The van der Waals surface area contributed by atoms with Gasteiger partial charge in [-0.15, -0.1) is 0 Å². The second-order valence-electron chi connectivity index (χ2n) is 4.38. The van der Waals surface area contributed by atoms with Gasteiger partial charge in [0.25, 0.3) is 10.0 Å². The molecule has 0 aliphatic rings. The highest BCUT2D eigenvalue weighted by atomic mass is 79.9.